The Labute approximate surface area is 95.9 Å². The van der Waals surface area contributed by atoms with E-state index in [1.165, 1.54) is 19.1 Å². The maximum atomic E-state index is 11.7. The summed E-state index contributed by atoms with van der Waals surface area (Å²) in [7, 11) is 0. The summed E-state index contributed by atoms with van der Waals surface area (Å²) in [4.78, 5) is 40.8. The molecule has 17 heavy (non-hydrogen) atoms. The number of Topliss-reactive ketones (excluding diaryl/α,β-unsaturated/α-hetero) is 2. The van der Waals surface area contributed by atoms with Gasteiger partial charge in [-0.25, -0.2) is 4.79 Å². The summed E-state index contributed by atoms with van der Waals surface area (Å²) in [6, 6.07) is 2.31. The number of nitrogens with two attached hydrogens (primary N) is 1. The molecule has 1 aliphatic heterocycles. The van der Waals surface area contributed by atoms with E-state index in [4.69, 9.17) is 5.73 Å². The molecular formula is C11H9N3O3. The highest BCUT2D eigenvalue weighted by molar-refractivity contribution is 6.10. The number of nitrogen functional groups attached to an aromatic ring is 1. The predicted octanol–water partition coefficient (Wildman–Crippen LogP) is -0.197. The molecule has 86 valence electrons. The standard InChI is InChI=1S/C11H9N3O3/c1-5(15)4-8(16)6-2-3-7-10(9(6)12)14-11(17)13-7/h2-3H,4,12H2,1H3. The van der Waals surface area contributed by atoms with Crippen LogP contribution in [0.25, 0.3) is 0 Å². The number of nitrogens with zero attached hydrogens (tertiary/aromatic N) is 2. The van der Waals surface area contributed by atoms with Crippen molar-refractivity contribution in [2.24, 2.45) is 9.98 Å². The summed E-state index contributed by atoms with van der Waals surface area (Å²) in [6.45, 7) is 1.32. The molecule has 1 aromatic rings. The molecule has 0 unspecified atom stereocenters. The molecule has 1 aliphatic rings. The molecule has 0 bridgehead atoms. The summed E-state index contributed by atoms with van der Waals surface area (Å²) >= 11 is 0. The van der Waals surface area contributed by atoms with Crippen molar-refractivity contribution >= 4 is 23.3 Å². The van der Waals surface area contributed by atoms with Crippen LogP contribution < -0.4 is 16.4 Å². The Morgan fingerprint density at radius 2 is 2.00 bits per heavy atom. The van der Waals surface area contributed by atoms with Crippen molar-refractivity contribution in [1.29, 1.82) is 0 Å². The second-order valence-corrected chi connectivity index (χ2v) is 3.70. The second kappa shape index (κ2) is 3.89. The van der Waals surface area contributed by atoms with Crippen LogP contribution in [0.2, 0.25) is 0 Å². The zero-order chi connectivity index (χ0) is 12.6. The number of hydrogen-bond donors (Lipinski definition) is 1. The first-order valence-electron chi connectivity index (χ1n) is 4.91. The van der Waals surface area contributed by atoms with Crippen LogP contribution in [0.3, 0.4) is 0 Å². The lowest BCUT2D eigenvalue weighted by Crippen LogP contribution is -2.28. The van der Waals surface area contributed by atoms with Crippen molar-refractivity contribution in [3.05, 3.63) is 28.4 Å². The number of benzene rings is 1. The molecular weight excluding hydrogens is 222 g/mol. The van der Waals surface area contributed by atoms with Crippen LogP contribution in [0, 0.1) is 0 Å². The van der Waals surface area contributed by atoms with E-state index in [1.54, 1.807) is 0 Å². The minimum atomic E-state index is -0.636. The normalized spacial score (nSPS) is 12.6. The van der Waals surface area contributed by atoms with E-state index >= 15 is 0 Å². The van der Waals surface area contributed by atoms with Gasteiger partial charge < -0.3 is 5.73 Å². The average molecular weight is 231 g/mol. The Kier molecular flexibility index (Phi) is 2.55. The van der Waals surface area contributed by atoms with Crippen LogP contribution in [0.1, 0.15) is 23.7 Å². The summed E-state index contributed by atoms with van der Waals surface area (Å²) in [5.74, 6) is -0.625. The van der Waals surface area contributed by atoms with Gasteiger partial charge in [-0.1, -0.05) is 0 Å². The van der Waals surface area contributed by atoms with E-state index in [0.717, 1.165) is 0 Å². The van der Waals surface area contributed by atoms with Gasteiger partial charge in [0.1, 0.15) is 11.1 Å². The Bertz CT molecular complexity index is 661. The maximum absolute atomic E-state index is 11.7. The van der Waals surface area contributed by atoms with Gasteiger partial charge in [-0.05, 0) is 19.1 Å². The van der Waals surface area contributed by atoms with Crippen LogP contribution >= 0.6 is 0 Å². The Morgan fingerprint density at radius 3 is 2.65 bits per heavy atom. The predicted molar refractivity (Wildman–Crippen MR) is 58.2 cm³/mol. The zero-order valence-electron chi connectivity index (χ0n) is 9.06. The fraction of sp³-hybridized carbons (Fsp3) is 0.182. The van der Waals surface area contributed by atoms with Crippen LogP contribution in [0.5, 0.6) is 0 Å². The van der Waals surface area contributed by atoms with Crippen molar-refractivity contribution < 1.29 is 14.4 Å². The van der Waals surface area contributed by atoms with E-state index in [2.05, 4.69) is 9.98 Å². The molecule has 0 atom stereocenters. The fourth-order valence-corrected chi connectivity index (χ4v) is 1.59. The highest BCUT2D eigenvalue weighted by Gasteiger charge is 2.16. The first-order valence-corrected chi connectivity index (χ1v) is 4.91. The molecule has 2 N–H and O–H groups in total. The van der Waals surface area contributed by atoms with Gasteiger partial charge in [0.05, 0.1) is 17.5 Å². The van der Waals surface area contributed by atoms with Crippen LogP contribution in [0.4, 0.5) is 10.5 Å². The minimum absolute atomic E-state index is 0.100. The van der Waals surface area contributed by atoms with Gasteiger partial charge in [0.15, 0.2) is 5.78 Å². The van der Waals surface area contributed by atoms with E-state index in [1.807, 2.05) is 0 Å². The van der Waals surface area contributed by atoms with Crippen LogP contribution in [0.15, 0.2) is 22.1 Å². The molecule has 0 saturated carbocycles. The van der Waals surface area contributed by atoms with Crippen molar-refractivity contribution in [3.8, 4) is 0 Å². The minimum Gasteiger partial charge on any atom is -0.396 e. The van der Waals surface area contributed by atoms with Crippen molar-refractivity contribution in [2.45, 2.75) is 13.3 Å². The molecule has 6 heteroatoms. The average Bonchev–Trinajstić information content (AvgIpc) is 2.58. The molecule has 0 aromatic heterocycles. The third kappa shape index (κ3) is 1.96. The lowest BCUT2D eigenvalue weighted by molar-refractivity contribution is -0.116. The molecule has 0 radical (unpaired) electrons. The second-order valence-electron chi connectivity index (χ2n) is 3.70. The fourth-order valence-electron chi connectivity index (χ4n) is 1.59. The lowest BCUT2D eigenvalue weighted by atomic mass is 10.0. The summed E-state index contributed by atoms with van der Waals surface area (Å²) in [5.41, 5.74) is 6.04. The van der Waals surface area contributed by atoms with Crippen molar-refractivity contribution in [3.63, 3.8) is 0 Å². The first kappa shape index (κ1) is 11.1. The van der Waals surface area contributed by atoms with E-state index in [0.29, 0.717) is 5.36 Å². The maximum Gasteiger partial charge on any atom is 0.368 e. The summed E-state index contributed by atoms with van der Waals surface area (Å²) < 4.78 is 0. The van der Waals surface area contributed by atoms with Gasteiger partial charge in [-0.15, -0.1) is 0 Å². The van der Waals surface area contributed by atoms with Gasteiger partial charge in [0.2, 0.25) is 0 Å². The number of hydrogen-bond acceptors (Lipinski definition) is 4. The summed E-state index contributed by atoms with van der Waals surface area (Å²) in [5, 5.41) is 0.566. The lowest BCUT2D eigenvalue weighted by Gasteiger charge is -2.02. The number of rotatable bonds is 3. The molecule has 1 aromatic carbocycles. The highest BCUT2D eigenvalue weighted by atomic mass is 16.2. The Hall–Kier alpha value is -2.37. The third-order valence-electron chi connectivity index (χ3n) is 2.33. The van der Waals surface area contributed by atoms with E-state index in [9.17, 15) is 14.4 Å². The third-order valence-corrected chi connectivity index (χ3v) is 2.33. The topological polar surface area (TPSA) is 102 Å². The number of carbonyl (C=O) groups excluding carboxylic acids is 3. The number of ketones is 2. The number of carbonyl (C=O) groups is 3. The van der Waals surface area contributed by atoms with Crippen LogP contribution in [-0.4, -0.2) is 17.6 Å². The summed E-state index contributed by atoms with van der Waals surface area (Å²) in [6.07, 6.45) is -0.214. The highest BCUT2D eigenvalue weighted by Crippen LogP contribution is 2.08. The van der Waals surface area contributed by atoms with Crippen molar-refractivity contribution in [1.82, 2.24) is 0 Å². The van der Waals surface area contributed by atoms with Gasteiger partial charge in [0.25, 0.3) is 0 Å². The SMILES string of the molecule is CC(=O)CC(=O)c1ccc2c(c1N)=NC(=O)N=2. The quantitative estimate of drug-likeness (QED) is 0.442. The monoisotopic (exact) mass is 231 g/mol. The Balaban J connectivity index is 2.55. The molecule has 0 aliphatic carbocycles. The van der Waals surface area contributed by atoms with E-state index in [-0.39, 0.29) is 34.6 Å². The number of amides is 2. The van der Waals surface area contributed by atoms with Crippen molar-refractivity contribution in [2.75, 3.05) is 5.73 Å². The molecule has 0 spiro atoms. The number of anilines is 1. The molecule has 6 nitrogen and oxygen atoms in total. The van der Waals surface area contributed by atoms with Gasteiger partial charge in [-0.2, -0.15) is 9.98 Å². The largest absolute Gasteiger partial charge is 0.396 e. The van der Waals surface area contributed by atoms with E-state index < -0.39 is 6.03 Å². The molecule has 1 heterocycles. The number of urea groups is 1. The zero-order valence-corrected chi connectivity index (χ0v) is 9.06. The van der Waals surface area contributed by atoms with Gasteiger partial charge in [-0.3, -0.25) is 9.59 Å². The first-order chi connectivity index (χ1) is 7.99. The van der Waals surface area contributed by atoms with Gasteiger partial charge in [0, 0.05) is 5.56 Å². The smallest absolute Gasteiger partial charge is 0.368 e. The molecule has 0 saturated heterocycles. The molecule has 2 amide bonds. The molecule has 2 rings (SSSR count). The molecule has 0 fully saturated rings. The Morgan fingerprint density at radius 1 is 1.29 bits per heavy atom. The van der Waals surface area contributed by atoms with Gasteiger partial charge >= 0.3 is 6.03 Å². The number of fused-ring (bicyclic) bond motifs is 1. The van der Waals surface area contributed by atoms with Crippen LogP contribution in [-0.2, 0) is 4.79 Å².